The van der Waals surface area contributed by atoms with Crippen molar-refractivity contribution in [3.8, 4) is 11.5 Å². The van der Waals surface area contributed by atoms with Gasteiger partial charge in [0.25, 0.3) is 5.91 Å². The summed E-state index contributed by atoms with van der Waals surface area (Å²) in [5.74, 6) is 1.24. The normalized spacial score (nSPS) is 17.9. The topological polar surface area (TPSA) is 68.3 Å². The minimum absolute atomic E-state index is 0.00207. The molecule has 27 heavy (non-hydrogen) atoms. The van der Waals surface area contributed by atoms with Gasteiger partial charge in [-0.05, 0) is 25.0 Å². The summed E-state index contributed by atoms with van der Waals surface area (Å²) in [5.41, 5.74) is 0.579. The molecule has 0 N–H and O–H groups in total. The van der Waals surface area contributed by atoms with Crippen molar-refractivity contribution >= 4 is 11.8 Å². The lowest BCUT2D eigenvalue weighted by Crippen LogP contribution is -2.43. The minimum Gasteiger partial charge on any atom is -0.497 e. The van der Waals surface area contributed by atoms with Crippen LogP contribution in [0.15, 0.2) is 18.2 Å². The Morgan fingerprint density at radius 2 is 1.74 bits per heavy atom. The van der Waals surface area contributed by atoms with Gasteiger partial charge in [0.2, 0.25) is 5.91 Å². The second-order valence-electron chi connectivity index (χ2n) is 6.99. The Kier molecular flexibility index (Phi) is 6.55. The standard InChI is InChI=1S/C20H28N2O5/c1-25-14-19(23)21-11-7-15(8-12-21)27-18-13-16(26-2)5-6-17(18)20(24)22-9-3-4-10-22/h5-6,13,15H,3-4,7-12,14H2,1-2H3. The number of likely N-dealkylation sites (tertiary alicyclic amines) is 2. The molecule has 0 atom stereocenters. The fraction of sp³-hybridized carbons (Fsp3) is 0.600. The second kappa shape index (κ2) is 9.08. The van der Waals surface area contributed by atoms with Gasteiger partial charge >= 0.3 is 0 Å². The Hall–Kier alpha value is -2.28. The molecule has 2 saturated heterocycles. The molecule has 3 rings (SSSR count). The van der Waals surface area contributed by atoms with Crippen LogP contribution in [-0.4, -0.2) is 74.7 Å². The zero-order valence-electron chi connectivity index (χ0n) is 16.1. The molecule has 0 aliphatic carbocycles. The number of amides is 2. The molecule has 0 radical (unpaired) electrons. The number of rotatable bonds is 6. The number of ether oxygens (including phenoxy) is 3. The van der Waals surface area contributed by atoms with Crippen molar-refractivity contribution in [1.82, 2.24) is 9.80 Å². The minimum atomic E-state index is -0.0335. The molecule has 7 nitrogen and oxygen atoms in total. The molecule has 0 unspecified atom stereocenters. The molecule has 2 aliphatic rings. The first-order chi connectivity index (χ1) is 13.1. The molecular formula is C20H28N2O5. The molecule has 7 heteroatoms. The molecule has 148 valence electrons. The van der Waals surface area contributed by atoms with Gasteiger partial charge in [0.05, 0.1) is 12.7 Å². The Morgan fingerprint density at radius 3 is 2.37 bits per heavy atom. The maximum atomic E-state index is 12.9. The Bertz CT molecular complexity index is 664. The summed E-state index contributed by atoms with van der Waals surface area (Å²) in [6.45, 7) is 2.96. The first-order valence-corrected chi connectivity index (χ1v) is 9.53. The Balaban J connectivity index is 1.68. The van der Waals surface area contributed by atoms with E-state index in [9.17, 15) is 9.59 Å². The van der Waals surface area contributed by atoms with Gasteiger partial charge in [-0.25, -0.2) is 0 Å². The van der Waals surface area contributed by atoms with E-state index in [1.807, 2.05) is 4.90 Å². The lowest BCUT2D eigenvalue weighted by molar-refractivity contribution is -0.136. The SMILES string of the molecule is COCC(=O)N1CCC(Oc2cc(OC)ccc2C(=O)N2CCCC2)CC1. The average molecular weight is 376 g/mol. The van der Waals surface area contributed by atoms with Crippen LogP contribution < -0.4 is 9.47 Å². The highest BCUT2D eigenvalue weighted by molar-refractivity contribution is 5.97. The fourth-order valence-electron chi connectivity index (χ4n) is 3.61. The predicted octanol–water partition coefficient (Wildman–Crippen LogP) is 1.95. The highest BCUT2D eigenvalue weighted by Gasteiger charge is 2.27. The van der Waals surface area contributed by atoms with Crippen LogP contribution in [0.1, 0.15) is 36.0 Å². The van der Waals surface area contributed by atoms with E-state index in [1.54, 1.807) is 30.2 Å². The third kappa shape index (κ3) is 4.71. The highest BCUT2D eigenvalue weighted by atomic mass is 16.5. The van der Waals surface area contributed by atoms with Crippen LogP contribution in [-0.2, 0) is 9.53 Å². The van der Waals surface area contributed by atoms with E-state index < -0.39 is 0 Å². The monoisotopic (exact) mass is 376 g/mol. The van der Waals surface area contributed by atoms with E-state index in [1.165, 1.54) is 7.11 Å². The lowest BCUT2D eigenvalue weighted by atomic mass is 10.1. The highest BCUT2D eigenvalue weighted by Crippen LogP contribution is 2.29. The molecule has 2 aliphatic heterocycles. The summed E-state index contributed by atoms with van der Waals surface area (Å²) in [7, 11) is 3.12. The van der Waals surface area contributed by atoms with E-state index in [0.29, 0.717) is 30.2 Å². The molecular weight excluding hydrogens is 348 g/mol. The summed E-state index contributed by atoms with van der Waals surface area (Å²) >= 11 is 0. The molecule has 1 aromatic carbocycles. The van der Waals surface area contributed by atoms with Crippen LogP contribution in [0, 0.1) is 0 Å². The first-order valence-electron chi connectivity index (χ1n) is 9.53. The summed E-state index contributed by atoms with van der Waals surface area (Å²) in [4.78, 5) is 28.5. The zero-order valence-corrected chi connectivity index (χ0v) is 16.1. The molecule has 0 aromatic heterocycles. The van der Waals surface area contributed by atoms with Crippen LogP contribution >= 0.6 is 0 Å². The number of hydrogen-bond acceptors (Lipinski definition) is 5. The van der Waals surface area contributed by atoms with Crippen molar-refractivity contribution in [2.45, 2.75) is 31.8 Å². The largest absolute Gasteiger partial charge is 0.497 e. The third-order valence-corrected chi connectivity index (χ3v) is 5.17. The molecule has 2 fully saturated rings. The molecule has 2 amide bonds. The Morgan fingerprint density at radius 1 is 1.04 bits per heavy atom. The lowest BCUT2D eigenvalue weighted by Gasteiger charge is -2.32. The molecule has 2 heterocycles. The van der Waals surface area contributed by atoms with Gasteiger partial charge in [0, 0.05) is 52.2 Å². The predicted molar refractivity (Wildman–Crippen MR) is 100 cm³/mol. The van der Waals surface area contributed by atoms with Crippen LogP contribution in [0.25, 0.3) is 0 Å². The van der Waals surface area contributed by atoms with Gasteiger partial charge < -0.3 is 24.0 Å². The summed E-state index contributed by atoms with van der Waals surface area (Å²) in [5, 5.41) is 0. The number of carbonyl (C=O) groups excluding carboxylic acids is 2. The van der Waals surface area contributed by atoms with Gasteiger partial charge in [-0.3, -0.25) is 9.59 Å². The van der Waals surface area contributed by atoms with Crippen molar-refractivity contribution in [1.29, 1.82) is 0 Å². The average Bonchev–Trinajstić information content (AvgIpc) is 3.23. The van der Waals surface area contributed by atoms with E-state index in [0.717, 1.165) is 38.8 Å². The van der Waals surface area contributed by atoms with Crippen molar-refractivity contribution in [2.24, 2.45) is 0 Å². The third-order valence-electron chi connectivity index (χ3n) is 5.17. The van der Waals surface area contributed by atoms with Gasteiger partial charge in [0.15, 0.2) is 0 Å². The van der Waals surface area contributed by atoms with E-state index in [2.05, 4.69) is 0 Å². The van der Waals surface area contributed by atoms with E-state index in [4.69, 9.17) is 14.2 Å². The molecule has 0 saturated carbocycles. The molecule has 1 aromatic rings. The summed E-state index contributed by atoms with van der Waals surface area (Å²) in [6, 6.07) is 5.36. The maximum Gasteiger partial charge on any atom is 0.257 e. The number of carbonyl (C=O) groups is 2. The molecule has 0 bridgehead atoms. The van der Waals surface area contributed by atoms with Crippen LogP contribution in [0.3, 0.4) is 0 Å². The van der Waals surface area contributed by atoms with Crippen molar-refractivity contribution < 1.29 is 23.8 Å². The quantitative estimate of drug-likeness (QED) is 0.759. The fourth-order valence-corrected chi connectivity index (χ4v) is 3.61. The van der Waals surface area contributed by atoms with Crippen molar-refractivity contribution in [2.75, 3.05) is 47.0 Å². The van der Waals surface area contributed by atoms with E-state index in [-0.39, 0.29) is 24.5 Å². The summed E-state index contributed by atoms with van der Waals surface area (Å²) in [6.07, 6.45) is 3.51. The van der Waals surface area contributed by atoms with Gasteiger partial charge in [-0.15, -0.1) is 0 Å². The smallest absolute Gasteiger partial charge is 0.257 e. The van der Waals surface area contributed by atoms with Gasteiger partial charge in [0.1, 0.15) is 24.2 Å². The summed E-state index contributed by atoms with van der Waals surface area (Å²) < 4.78 is 16.4. The number of methoxy groups -OCH3 is 2. The first kappa shape index (κ1) is 19.5. The van der Waals surface area contributed by atoms with Crippen LogP contribution in [0.5, 0.6) is 11.5 Å². The number of hydrogen-bond donors (Lipinski definition) is 0. The van der Waals surface area contributed by atoms with Crippen molar-refractivity contribution in [3.05, 3.63) is 23.8 Å². The maximum absolute atomic E-state index is 12.9. The van der Waals surface area contributed by atoms with Gasteiger partial charge in [-0.1, -0.05) is 0 Å². The van der Waals surface area contributed by atoms with Crippen LogP contribution in [0.2, 0.25) is 0 Å². The van der Waals surface area contributed by atoms with Crippen LogP contribution in [0.4, 0.5) is 0 Å². The number of benzene rings is 1. The number of piperidine rings is 1. The zero-order chi connectivity index (χ0) is 19.2. The molecule has 0 spiro atoms. The van der Waals surface area contributed by atoms with Crippen molar-refractivity contribution in [3.63, 3.8) is 0 Å². The van der Waals surface area contributed by atoms with Gasteiger partial charge in [-0.2, -0.15) is 0 Å². The Labute approximate surface area is 160 Å². The van der Waals surface area contributed by atoms with E-state index >= 15 is 0 Å². The second-order valence-corrected chi connectivity index (χ2v) is 6.99. The number of nitrogens with zero attached hydrogens (tertiary/aromatic N) is 2.